The SMILES string of the molecule is C.CC(=O)C=C(C)O.CC(C)(C)c1cc(-c2cc(C(C)(C)C)cc(-c3ccccc3O)n2)nc(-c2ccccc2O)c1.Cc1cccc(-c2ccccc2)n1.FC(F)(F)c1c[c-]c(-c2ccc3ccccc3n2)cc1.[Ir].[Pt].c1ccc(N(c2ccccc2)c2cc[n+]3c(c2)-c2ccccc2C3)cc1. The van der Waals surface area contributed by atoms with E-state index in [1.807, 2.05) is 110 Å². The predicted octanol–water partition coefficient (Wildman–Crippen LogP) is 22.4. The van der Waals surface area contributed by atoms with Gasteiger partial charge in [-0.25, -0.2) is 9.97 Å². The third kappa shape index (κ3) is 21.3. The van der Waals surface area contributed by atoms with Crippen LogP contribution in [-0.4, -0.2) is 41.0 Å². The predicted molar refractivity (Wildman–Crippen MR) is 404 cm³/mol. The minimum Gasteiger partial charge on any atom is -0.512 e. The van der Waals surface area contributed by atoms with Gasteiger partial charge >= 0.3 is 6.18 Å². The summed E-state index contributed by atoms with van der Waals surface area (Å²) < 4.78 is 39.8. The summed E-state index contributed by atoms with van der Waals surface area (Å²) in [6.07, 6.45) is -0.977. The Hall–Kier alpha value is -10.5. The first-order valence-corrected chi connectivity index (χ1v) is 32.8. The molecule has 0 fully saturated rings. The van der Waals surface area contributed by atoms with Gasteiger partial charge in [-0.3, -0.25) is 14.8 Å². The quantitative estimate of drug-likeness (QED) is 0.0558. The van der Waals surface area contributed by atoms with Crippen LogP contribution < -0.4 is 9.47 Å². The Morgan fingerprint density at radius 3 is 1.48 bits per heavy atom. The Morgan fingerprint density at radius 1 is 0.495 bits per heavy atom. The van der Waals surface area contributed by atoms with E-state index >= 15 is 0 Å². The van der Waals surface area contributed by atoms with Crippen LogP contribution in [0.1, 0.15) is 90.8 Å². The van der Waals surface area contributed by atoms with Crippen LogP contribution in [0.3, 0.4) is 0 Å². The van der Waals surface area contributed by atoms with Gasteiger partial charge in [-0.1, -0.05) is 195 Å². The largest absolute Gasteiger partial charge is 0.512 e. The van der Waals surface area contributed by atoms with Crippen LogP contribution in [0, 0.1) is 13.0 Å². The summed E-state index contributed by atoms with van der Waals surface area (Å²) in [4.78, 5) is 31.1. The second kappa shape index (κ2) is 35.9. The summed E-state index contributed by atoms with van der Waals surface area (Å²) in [6.45, 7) is 18.8. The third-order valence-corrected chi connectivity index (χ3v) is 16.3. The van der Waals surface area contributed by atoms with E-state index in [4.69, 9.17) is 15.1 Å². The number of aryl methyl sites for hydroxylation is 1. The Labute approximate surface area is 630 Å². The van der Waals surface area contributed by atoms with Crippen LogP contribution in [0.25, 0.3) is 78.6 Å². The fourth-order valence-electron chi connectivity index (χ4n) is 11.1. The first-order valence-electron chi connectivity index (χ1n) is 32.8. The summed E-state index contributed by atoms with van der Waals surface area (Å²) in [6, 6.07) is 90.5. The molecule has 13 aromatic rings. The van der Waals surface area contributed by atoms with Crippen molar-refractivity contribution in [2.24, 2.45) is 0 Å². The molecule has 0 atom stereocenters. The Morgan fingerprint density at radius 2 is 0.990 bits per heavy atom. The van der Waals surface area contributed by atoms with E-state index in [0.717, 1.165) is 74.9 Å². The van der Waals surface area contributed by atoms with Crippen LogP contribution in [0.15, 0.2) is 291 Å². The van der Waals surface area contributed by atoms with Gasteiger partial charge < -0.3 is 20.2 Å². The number of allylic oxidation sites excluding steroid dienone is 2. The summed E-state index contributed by atoms with van der Waals surface area (Å²) in [5, 5.41) is 30.4. The number of rotatable bonds is 9. The molecule has 0 bridgehead atoms. The molecule has 1 aliphatic rings. The number of para-hydroxylation sites is 5. The Kier molecular flexibility index (Phi) is 27.8. The third-order valence-electron chi connectivity index (χ3n) is 16.3. The van der Waals surface area contributed by atoms with Gasteiger partial charge in [0, 0.05) is 98.7 Å². The molecule has 8 aromatic carbocycles. The van der Waals surface area contributed by atoms with Gasteiger partial charge in [-0.2, -0.15) is 17.7 Å². The Balaban J connectivity index is 0.000000192. The van der Waals surface area contributed by atoms with E-state index in [9.17, 15) is 28.2 Å². The second-order valence-corrected chi connectivity index (χ2v) is 26.2. The van der Waals surface area contributed by atoms with Gasteiger partial charge in [0.25, 0.3) is 0 Å². The van der Waals surface area contributed by atoms with E-state index in [0.29, 0.717) is 33.8 Å². The van der Waals surface area contributed by atoms with Crippen molar-refractivity contribution < 1.29 is 79.0 Å². The van der Waals surface area contributed by atoms with Gasteiger partial charge in [-0.05, 0) is 156 Å². The van der Waals surface area contributed by atoms with Gasteiger partial charge in [-0.15, -0.1) is 29.8 Å². The fraction of sp³-hybridized carbons (Fsp3) is 0.159. The summed E-state index contributed by atoms with van der Waals surface area (Å²) in [5.41, 5.74) is 18.2. The molecule has 6 heterocycles. The van der Waals surface area contributed by atoms with Crippen LogP contribution in [0.2, 0.25) is 0 Å². The molecule has 0 saturated heterocycles. The summed E-state index contributed by atoms with van der Waals surface area (Å²) in [7, 11) is 0. The van der Waals surface area contributed by atoms with Crippen molar-refractivity contribution in [3.05, 3.63) is 325 Å². The smallest absolute Gasteiger partial charge is 0.381 e. The van der Waals surface area contributed by atoms with E-state index < -0.39 is 11.7 Å². The minimum absolute atomic E-state index is 0. The first kappa shape index (κ1) is 79.8. The van der Waals surface area contributed by atoms with Gasteiger partial charge in [0.15, 0.2) is 18.5 Å². The Bertz CT molecular complexity index is 4840. The van der Waals surface area contributed by atoms with Crippen LogP contribution in [0.4, 0.5) is 30.2 Å². The first-order chi connectivity index (χ1) is 47.9. The molecule has 103 heavy (non-hydrogen) atoms. The molecule has 1 radical (unpaired) electrons. The molecule has 3 N–H and O–H groups in total. The molecule has 15 heteroatoms. The van der Waals surface area contributed by atoms with Crippen molar-refractivity contribution in [2.75, 3.05) is 4.90 Å². The molecule has 0 aliphatic carbocycles. The number of aromatic hydroxyl groups is 2. The number of alkyl halides is 3. The van der Waals surface area contributed by atoms with E-state index in [-0.39, 0.29) is 82.5 Å². The van der Waals surface area contributed by atoms with Crippen LogP contribution >= 0.6 is 0 Å². The number of aliphatic hydroxyl groups is 1. The van der Waals surface area contributed by atoms with E-state index in [1.165, 1.54) is 54.1 Å². The number of ketones is 1. The van der Waals surface area contributed by atoms with Gasteiger partial charge in [0.05, 0.1) is 51.0 Å². The van der Waals surface area contributed by atoms with E-state index in [2.05, 4.69) is 195 Å². The standard InChI is InChI=1S/C30H32N2O2.C24H19N2.C16H9F3N.C12H11N.C5H8O2.CH4.Ir.Pt/c1-29(2,3)19-15-23(21-11-7-9-13-27(21)33)31-25(17-19)26-18-20(30(4,5)6)16-24(32-26)22-12-8-10-14-28(22)34;1-3-10-20(11-4-1)26(21-12-5-2-6-13-21)22-15-16-25-18-19-9-7-8-14-23(19)24(25)17-22;17-16(18,19)13-8-5-12(6-9-13)15-10-7-11-3-1-2-4-14(11)20-15;1-10-6-5-9-12(13-10)11-7-3-2-4-8-11;1-4(6)3-5(2)7;;;/h7-18,33-34H,1-6H3;1-17H,18H2;1-5,7-10H;2-9H,1H3;3,6H,1-2H3;1H4;;/q;+1;-1;;;;;. The van der Waals surface area contributed by atoms with Gasteiger partial charge in [0.1, 0.15) is 11.5 Å². The van der Waals surface area contributed by atoms with Crippen LogP contribution in [0.5, 0.6) is 11.5 Å². The number of halogens is 3. The van der Waals surface area contributed by atoms with Gasteiger partial charge in [0.2, 0.25) is 5.69 Å². The van der Waals surface area contributed by atoms with Crippen molar-refractivity contribution in [1.29, 1.82) is 0 Å². The number of aromatic nitrogens is 5. The number of pyridine rings is 5. The molecule has 0 unspecified atom stereocenters. The maximum absolute atomic E-state index is 12.5. The molecule has 529 valence electrons. The summed E-state index contributed by atoms with van der Waals surface area (Å²) in [5.74, 6) is 0.323. The zero-order chi connectivity index (χ0) is 71.1. The zero-order valence-corrected chi connectivity index (χ0v) is 62.7. The van der Waals surface area contributed by atoms with Crippen molar-refractivity contribution in [3.8, 4) is 79.2 Å². The number of carbonyl (C=O) groups is 1. The number of hydrogen-bond acceptors (Lipinski definition) is 9. The number of anilines is 3. The normalized spacial score (nSPS) is 11.2. The number of benzene rings is 8. The maximum Gasteiger partial charge on any atom is 0.381 e. The topological polar surface area (TPSA) is 136 Å². The average molecular weight is 1730 g/mol. The number of carbonyl (C=O) groups excluding carboxylic acids is 1. The molecule has 0 saturated carbocycles. The number of phenolic OH excluding ortho intramolecular Hbond substituents is 2. The van der Waals surface area contributed by atoms with Crippen molar-refractivity contribution in [1.82, 2.24) is 19.9 Å². The molecule has 10 nitrogen and oxygen atoms in total. The summed E-state index contributed by atoms with van der Waals surface area (Å²) >= 11 is 0. The number of phenols is 2. The second-order valence-electron chi connectivity index (χ2n) is 26.2. The molecule has 0 spiro atoms. The maximum atomic E-state index is 12.5. The van der Waals surface area contributed by atoms with E-state index in [1.54, 1.807) is 30.3 Å². The molecule has 0 amide bonds. The molecule has 5 aromatic heterocycles. The van der Waals surface area contributed by atoms with Crippen molar-refractivity contribution in [3.63, 3.8) is 0 Å². The number of aliphatic hydroxyl groups excluding tert-OH is 1. The number of hydrogen-bond donors (Lipinski definition) is 3. The average Bonchev–Trinajstić information content (AvgIpc) is 1.76. The number of nitrogens with zero attached hydrogens (tertiary/aromatic N) is 6. The van der Waals surface area contributed by atoms with Crippen LogP contribution in [-0.2, 0) is 69.5 Å². The minimum atomic E-state index is -4.34. The van der Waals surface area contributed by atoms with Crippen molar-refractivity contribution in [2.45, 2.75) is 93.3 Å². The number of fused-ring (bicyclic) bond motifs is 4. The van der Waals surface area contributed by atoms with Crippen molar-refractivity contribution >= 4 is 33.7 Å². The fourth-order valence-corrected chi connectivity index (χ4v) is 11.1. The molecule has 14 rings (SSSR count). The molecular formula is C88H83F3IrN6O4Pt. The molecular weight excluding hydrogens is 1650 g/mol. The molecule has 1 aliphatic heterocycles. The zero-order valence-electron chi connectivity index (χ0n) is 58.1. The monoisotopic (exact) mass is 1730 g/mol.